The molecule has 6 heteroatoms. The molecule has 1 amide bonds. The van der Waals surface area contributed by atoms with Gasteiger partial charge in [-0.1, -0.05) is 12.1 Å². The Labute approximate surface area is 142 Å². The van der Waals surface area contributed by atoms with Crippen LogP contribution >= 0.6 is 0 Å². The highest BCUT2D eigenvalue weighted by atomic mass is 16.5. The zero-order valence-electron chi connectivity index (χ0n) is 14.6. The first-order valence-electron chi connectivity index (χ1n) is 7.90. The van der Waals surface area contributed by atoms with E-state index in [1.807, 2.05) is 45.0 Å². The second-order valence-corrected chi connectivity index (χ2v) is 6.50. The molecule has 0 aliphatic carbocycles. The quantitative estimate of drug-likeness (QED) is 0.852. The number of methoxy groups -OCH3 is 1. The van der Waals surface area contributed by atoms with Crippen LogP contribution in [0.4, 0.5) is 5.95 Å². The second-order valence-electron chi connectivity index (χ2n) is 6.50. The van der Waals surface area contributed by atoms with Crippen LogP contribution in [0.5, 0.6) is 5.75 Å². The highest BCUT2D eigenvalue weighted by molar-refractivity contribution is 5.92. The second kappa shape index (κ2) is 7.77. The third-order valence-electron chi connectivity index (χ3n) is 3.21. The van der Waals surface area contributed by atoms with Gasteiger partial charge in [-0.3, -0.25) is 4.79 Å². The number of hydrogen-bond donors (Lipinski definition) is 2. The van der Waals surface area contributed by atoms with Crippen LogP contribution in [0.1, 0.15) is 36.8 Å². The van der Waals surface area contributed by atoms with Crippen molar-refractivity contribution in [3.63, 3.8) is 0 Å². The van der Waals surface area contributed by atoms with Crippen LogP contribution in [0.2, 0.25) is 0 Å². The van der Waals surface area contributed by atoms with Crippen LogP contribution in [0, 0.1) is 0 Å². The molecule has 2 rings (SSSR count). The number of rotatable bonds is 6. The number of aromatic nitrogens is 2. The van der Waals surface area contributed by atoms with E-state index < -0.39 is 0 Å². The molecule has 1 heterocycles. The van der Waals surface area contributed by atoms with Gasteiger partial charge in [0.2, 0.25) is 5.95 Å². The van der Waals surface area contributed by atoms with Gasteiger partial charge >= 0.3 is 0 Å². The van der Waals surface area contributed by atoms with Gasteiger partial charge in [-0.2, -0.15) is 0 Å². The minimum absolute atomic E-state index is 0.208. The summed E-state index contributed by atoms with van der Waals surface area (Å²) in [4.78, 5) is 20.6. The zero-order chi connectivity index (χ0) is 17.6. The highest BCUT2D eigenvalue weighted by Crippen LogP contribution is 2.13. The first-order chi connectivity index (χ1) is 11.4. The molecule has 0 radical (unpaired) electrons. The van der Waals surface area contributed by atoms with Gasteiger partial charge in [0.05, 0.1) is 7.11 Å². The van der Waals surface area contributed by atoms with Crippen LogP contribution in [0.25, 0.3) is 0 Å². The molecular weight excluding hydrogens is 304 g/mol. The van der Waals surface area contributed by atoms with E-state index in [2.05, 4.69) is 20.6 Å². The lowest BCUT2D eigenvalue weighted by Gasteiger charge is -2.20. The summed E-state index contributed by atoms with van der Waals surface area (Å²) in [6.07, 6.45) is 2.39. The van der Waals surface area contributed by atoms with E-state index >= 15 is 0 Å². The van der Waals surface area contributed by atoms with E-state index in [1.165, 1.54) is 0 Å². The molecule has 0 saturated heterocycles. The summed E-state index contributed by atoms with van der Waals surface area (Å²) in [5.74, 6) is 1.07. The summed E-state index contributed by atoms with van der Waals surface area (Å²) in [5.41, 5.74) is 1.20. The van der Waals surface area contributed by atoms with Gasteiger partial charge in [0, 0.05) is 18.3 Å². The molecule has 1 aromatic carbocycles. The van der Waals surface area contributed by atoms with Gasteiger partial charge in [0.15, 0.2) is 0 Å². The minimum atomic E-state index is -0.304. The Morgan fingerprint density at radius 3 is 2.75 bits per heavy atom. The molecule has 0 bridgehead atoms. The van der Waals surface area contributed by atoms with Gasteiger partial charge in [-0.25, -0.2) is 9.97 Å². The van der Waals surface area contributed by atoms with Crippen LogP contribution < -0.4 is 15.4 Å². The topological polar surface area (TPSA) is 76.1 Å². The lowest BCUT2D eigenvalue weighted by Crippen LogP contribution is -2.41. The Morgan fingerprint density at radius 2 is 2.04 bits per heavy atom. The summed E-state index contributed by atoms with van der Waals surface area (Å²) >= 11 is 0. The first-order valence-corrected chi connectivity index (χ1v) is 7.90. The fourth-order valence-electron chi connectivity index (χ4n) is 2.12. The molecule has 6 nitrogen and oxygen atoms in total. The van der Waals surface area contributed by atoms with Crippen molar-refractivity contribution in [1.82, 2.24) is 15.3 Å². The standard InChI is InChI=1S/C18H24N4O2/c1-18(2,3)22-16(23)15-9-11-20-17(21-15)19-10-8-13-6-5-7-14(12-13)24-4/h5-7,9,11-12H,8,10H2,1-4H3,(H,22,23)(H,19,20,21). The van der Waals surface area contributed by atoms with E-state index in [-0.39, 0.29) is 11.4 Å². The molecule has 0 unspecified atom stereocenters. The molecule has 0 fully saturated rings. The molecule has 0 spiro atoms. The Hall–Kier alpha value is -2.63. The molecule has 0 aliphatic heterocycles. The molecule has 24 heavy (non-hydrogen) atoms. The lowest BCUT2D eigenvalue weighted by molar-refractivity contribution is 0.0914. The molecule has 2 aromatic rings. The van der Waals surface area contributed by atoms with Gasteiger partial charge in [-0.05, 0) is 51.0 Å². The fourth-order valence-corrected chi connectivity index (χ4v) is 2.12. The van der Waals surface area contributed by atoms with Crippen molar-refractivity contribution in [2.75, 3.05) is 19.0 Å². The average molecular weight is 328 g/mol. The number of carbonyl (C=O) groups excluding carboxylic acids is 1. The predicted molar refractivity (Wildman–Crippen MR) is 94.4 cm³/mol. The Balaban J connectivity index is 1.93. The summed E-state index contributed by atoms with van der Waals surface area (Å²) in [7, 11) is 1.65. The first kappa shape index (κ1) is 17.7. The third kappa shape index (κ3) is 5.53. The summed E-state index contributed by atoms with van der Waals surface area (Å²) in [5, 5.41) is 6.03. The predicted octanol–water partition coefficient (Wildman–Crippen LogP) is 2.67. The van der Waals surface area contributed by atoms with Crippen molar-refractivity contribution >= 4 is 11.9 Å². The summed E-state index contributed by atoms with van der Waals surface area (Å²) < 4.78 is 5.21. The molecule has 1 aromatic heterocycles. The molecule has 0 aliphatic rings. The van der Waals surface area contributed by atoms with E-state index in [0.29, 0.717) is 18.2 Å². The number of anilines is 1. The van der Waals surface area contributed by atoms with Gasteiger partial charge < -0.3 is 15.4 Å². The van der Waals surface area contributed by atoms with E-state index in [1.54, 1.807) is 19.4 Å². The lowest BCUT2D eigenvalue weighted by atomic mass is 10.1. The highest BCUT2D eigenvalue weighted by Gasteiger charge is 2.16. The van der Waals surface area contributed by atoms with Crippen molar-refractivity contribution in [3.05, 3.63) is 47.8 Å². The summed E-state index contributed by atoms with van der Waals surface area (Å²) in [6, 6.07) is 9.52. The van der Waals surface area contributed by atoms with Crippen LogP contribution in [0.3, 0.4) is 0 Å². The number of nitrogens with one attached hydrogen (secondary N) is 2. The van der Waals surface area contributed by atoms with Gasteiger partial charge in [-0.15, -0.1) is 0 Å². The Kier molecular flexibility index (Phi) is 5.73. The maximum Gasteiger partial charge on any atom is 0.270 e. The summed E-state index contributed by atoms with van der Waals surface area (Å²) in [6.45, 7) is 6.45. The average Bonchev–Trinajstić information content (AvgIpc) is 2.54. The monoisotopic (exact) mass is 328 g/mol. The van der Waals surface area contributed by atoms with E-state index in [9.17, 15) is 4.79 Å². The molecule has 128 valence electrons. The number of hydrogen-bond acceptors (Lipinski definition) is 5. The minimum Gasteiger partial charge on any atom is -0.497 e. The number of amides is 1. The van der Waals surface area contributed by atoms with E-state index in [4.69, 9.17) is 4.74 Å². The molecule has 0 saturated carbocycles. The molecule has 2 N–H and O–H groups in total. The SMILES string of the molecule is COc1cccc(CCNc2nccc(C(=O)NC(C)(C)C)n2)c1. The third-order valence-corrected chi connectivity index (χ3v) is 3.21. The largest absolute Gasteiger partial charge is 0.497 e. The number of nitrogens with zero attached hydrogens (tertiary/aromatic N) is 2. The Morgan fingerprint density at radius 1 is 1.25 bits per heavy atom. The molecule has 0 atom stereocenters. The maximum absolute atomic E-state index is 12.1. The van der Waals surface area contributed by atoms with Gasteiger partial charge in [0.1, 0.15) is 11.4 Å². The van der Waals surface area contributed by atoms with Crippen LogP contribution in [-0.2, 0) is 6.42 Å². The van der Waals surface area contributed by atoms with Crippen LogP contribution in [-0.4, -0.2) is 35.1 Å². The van der Waals surface area contributed by atoms with Crippen molar-refractivity contribution < 1.29 is 9.53 Å². The Bertz CT molecular complexity index is 695. The smallest absolute Gasteiger partial charge is 0.270 e. The fraction of sp³-hybridized carbons (Fsp3) is 0.389. The van der Waals surface area contributed by atoms with E-state index in [0.717, 1.165) is 17.7 Å². The van der Waals surface area contributed by atoms with Crippen molar-refractivity contribution in [2.24, 2.45) is 0 Å². The van der Waals surface area contributed by atoms with Crippen molar-refractivity contribution in [3.8, 4) is 5.75 Å². The normalized spacial score (nSPS) is 11.0. The molecular formula is C18H24N4O2. The van der Waals surface area contributed by atoms with Crippen molar-refractivity contribution in [2.45, 2.75) is 32.7 Å². The van der Waals surface area contributed by atoms with Crippen LogP contribution in [0.15, 0.2) is 36.5 Å². The number of benzene rings is 1. The number of carbonyl (C=O) groups is 1. The zero-order valence-corrected chi connectivity index (χ0v) is 14.6. The number of ether oxygens (including phenoxy) is 1. The van der Waals surface area contributed by atoms with Crippen molar-refractivity contribution in [1.29, 1.82) is 0 Å². The maximum atomic E-state index is 12.1. The van der Waals surface area contributed by atoms with Gasteiger partial charge in [0.25, 0.3) is 5.91 Å².